The van der Waals surface area contributed by atoms with Gasteiger partial charge < -0.3 is 14.7 Å². The molecule has 0 saturated carbocycles. The van der Waals surface area contributed by atoms with Crippen molar-refractivity contribution in [2.45, 2.75) is 52.1 Å². The zero-order valence-corrected chi connectivity index (χ0v) is 14.1. The first kappa shape index (κ1) is 16.0. The Bertz CT molecular complexity index is 440. The van der Waals surface area contributed by atoms with E-state index in [2.05, 4.69) is 20.3 Å². The molecule has 124 valence electrons. The first-order valence-electron chi connectivity index (χ1n) is 8.82. The lowest BCUT2D eigenvalue weighted by Crippen LogP contribution is -2.47. The van der Waals surface area contributed by atoms with E-state index in [9.17, 15) is 0 Å². The molecule has 2 aliphatic heterocycles. The average Bonchev–Trinajstić information content (AvgIpc) is 2.87. The molecule has 3 heterocycles. The number of aromatic nitrogens is 1. The van der Waals surface area contributed by atoms with Crippen molar-refractivity contribution in [3.05, 3.63) is 17.0 Å². The van der Waals surface area contributed by atoms with E-state index in [-0.39, 0.29) is 0 Å². The van der Waals surface area contributed by atoms with Gasteiger partial charge in [-0.25, -0.2) is 0 Å². The van der Waals surface area contributed by atoms with Crippen LogP contribution in [0.25, 0.3) is 0 Å². The Morgan fingerprint density at radius 3 is 2.55 bits per heavy atom. The van der Waals surface area contributed by atoms with E-state index in [1.807, 2.05) is 13.8 Å². The molecule has 1 N–H and O–H groups in total. The van der Waals surface area contributed by atoms with Crippen LogP contribution in [0.3, 0.4) is 0 Å². The molecule has 1 unspecified atom stereocenters. The largest absolute Gasteiger partial charge is 0.361 e. The molecule has 0 amide bonds. The van der Waals surface area contributed by atoms with Crippen LogP contribution in [0.1, 0.15) is 42.7 Å². The quantitative estimate of drug-likeness (QED) is 0.901. The minimum Gasteiger partial charge on any atom is -0.361 e. The predicted octanol–water partition coefficient (Wildman–Crippen LogP) is 1.94. The molecule has 0 aliphatic carbocycles. The number of hydrogen-bond donors (Lipinski definition) is 1. The van der Waals surface area contributed by atoms with Crippen molar-refractivity contribution in [2.75, 3.05) is 39.3 Å². The first-order chi connectivity index (χ1) is 10.7. The fraction of sp³-hybridized carbons (Fsp3) is 0.824. The van der Waals surface area contributed by atoms with Gasteiger partial charge in [-0.1, -0.05) is 11.6 Å². The number of piperidine rings is 1. The highest BCUT2D eigenvalue weighted by molar-refractivity contribution is 5.20. The molecule has 1 atom stereocenters. The van der Waals surface area contributed by atoms with Crippen LogP contribution < -0.4 is 5.32 Å². The third-order valence-electron chi connectivity index (χ3n) is 5.23. The summed E-state index contributed by atoms with van der Waals surface area (Å²) in [4.78, 5) is 5.15. The van der Waals surface area contributed by atoms with Crippen LogP contribution in [-0.2, 0) is 6.54 Å². The second-order valence-electron chi connectivity index (χ2n) is 6.86. The van der Waals surface area contributed by atoms with Gasteiger partial charge in [0.15, 0.2) is 0 Å². The third-order valence-corrected chi connectivity index (χ3v) is 5.23. The highest BCUT2D eigenvalue weighted by Crippen LogP contribution is 2.17. The minimum absolute atomic E-state index is 0.758. The van der Waals surface area contributed by atoms with Crippen molar-refractivity contribution >= 4 is 0 Å². The maximum Gasteiger partial charge on any atom is 0.138 e. The SMILES string of the molecule is Cc1noc(C)c1CN1CCN(CCC2CCCCN2)CC1. The van der Waals surface area contributed by atoms with Crippen molar-refractivity contribution in [1.29, 1.82) is 0 Å². The van der Waals surface area contributed by atoms with Crippen LogP contribution in [0.15, 0.2) is 4.52 Å². The van der Waals surface area contributed by atoms with Crippen molar-refractivity contribution < 1.29 is 4.52 Å². The van der Waals surface area contributed by atoms with Gasteiger partial charge in [-0.2, -0.15) is 0 Å². The molecule has 2 aliphatic rings. The normalized spacial score (nSPS) is 24.7. The number of rotatable bonds is 5. The number of nitrogens with one attached hydrogen (secondary N) is 1. The Labute approximate surface area is 134 Å². The van der Waals surface area contributed by atoms with Gasteiger partial charge in [0.05, 0.1) is 5.69 Å². The Balaban J connectivity index is 1.39. The Morgan fingerprint density at radius 1 is 1.14 bits per heavy atom. The molecule has 0 bridgehead atoms. The lowest BCUT2D eigenvalue weighted by Gasteiger charge is -2.35. The van der Waals surface area contributed by atoms with Crippen LogP contribution in [-0.4, -0.2) is 60.3 Å². The van der Waals surface area contributed by atoms with E-state index in [1.54, 1.807) is 0 Å². The monoisotopic (exact) mass is 306 g/mol. The summed E-state index contributed by atoms with van der Waals surface area (Å²) in [7, 11) is 0. The lowest BCUT2D eigenvalue weighted by atomic mass is 10.0. The Hall–Kier alpha value is -0.910. The molecule has 2 saturated heterocycles. The minimum atomic E-state index is 0.758. The number of hydrogen-bond acceptors (Lipinski definition) is 5. The smallest absolute Gasteiger partial charge is 0.138 e. The topological polar surface area (TPSA) is 44.5 Å². The summed E-state index contributed by atoms with van der Waals surface area (Å²) < 4.78 is 5.27. The zero-order chi connectivity index (χ0) is 15.4. The van der Waals surface area contributed by atoms with Crippen molar-refractivity contribution in [3.8, 4) is 0 Å². The molecular weight excluding hydrogens is 276 g/mol. The third kappa shape index (κ3) is 4.09. The molecule has 5 nitrogen and oxygen atoms in total. The molecule has 3 rings (SSSR count). The second-order valence-corrected chi connectivity index (χ2v) is 6.86. The summed E-state index contributed by atoms with van der Waals surface area (Å²) in [5.41, 5.74) is 2.32. The molecule has 1 aromatic heterocycles. The molecular formula is C17H30N4O. The van der Waals surface area contributed by atoms with Crippen molar-refractivity contribution in [1.82, 2.24) is 20.3 Å². The van der Waals surface area contributed by atoms with Gasteiger partial charge in [-0.05, 0) is 46.2 Å². The number of nitrogens with zero attached hydrogens (tertiary/aromatic N) is 3. The molecule has 2 fully saturated rings. The molecule has 5 heteroatoms. The van der Waals surface area contributed by atoms with Crippen LogP contribution in [0.2, 0.25) is 0 Å². The van der Waals surface area contributed by atoms with Gasteiger partial charge in [0, 0.05) is 44.3 Å². The van der Waals surface area contributed by atoms with Gasteiger partial charge >= 0.3 is 0 Å². The molecule has 1 aromatic rings. The second kappa shape index (κ2) is 7.57. The molecule has 0 radical (unpaired) electrons. The summed E-state index contributed by atoms with van der Waals surface area (Å²) in [6, 6.07) is 0.758. The Morgan fingerprint density at radius 2 is 1.91 bits per heavy atom. The summed E-state index contributed by atoms with van der Waals surface area (Å²) in [6.45, 7) is 12.2. The predicted molar refractivity (Wildman–Crippen MR) is 88.0 cm³/mol. The van der Waals surface area contributed by atoms with E-state index in [1.165, 1.54) is 57.4 Å². The highest BCUT2D eigenvalue weighted by atomic mass is 16.5. The molecule has 0 spiro atoms. The average molecular weight is 306 g/mol. The number of aryl methyl sites for hydroxylation is 2. The van der Waals surface area contributed by atoms with Gasteiger partial charge in [0.2, 0.25) is 0 Å². The molecule has 22 heavy (non-hydrogen) atoms. The van der Waals surface area contributed by atoms with E-state index < -0.39 is 0 Å². The van der Waals surface area contributed by atoms with Crippen molar-refractivity contribution in [2.24, 2.45) is 0 Å². The first-order valence-corrected chi connectivity index (χ1v) is 8.82. The summed E-state index contributed by atoms with van der Waals surface area (Å²) >= 11 is 0. The van der Waals surface area contributed by atoms with E-state index in [0.717, 1.165) is 37.1 Å². The van der Waals surface area contributed by atoms with Crippen LogP contribution in [0.4, 0.5) is 0 Å². The van der Waals surface area contributed by atoms with Gasteiger partial charge in [0.1, 0.15) is 5.76 Å². The fourth-order valence-corrected chi connectivity index (χ4v) is 3.63. The van der Waals surface area contributed by atoms with Crippen LogP contribution in [0.5, 0.6) is 0 Å². The standard InChI is InChI=1S/C17H30N4O/c1-14-17(15(2)22-19-14)13-21-11-9-20(10-12-21)8-6-16-5-3-4-7-18-16/h16,18H,3-13H2,1-2H3. The fourth-order valence-electron chi connectivity index (χ4n) is 3.63. The van der Waals surface area contributed by atoms with E-state index in [4.69, 9.17) is 4.52 Å². The summed E-state index contributed by atoms with van der Waals surface area (Å²) in [5, 5.41) is 7.71. The van der Waals surface area contributed by atoms with Crippen LogP contribution in [0, 0.1) is 13.8 Å². The van der Waals surface area contributed by atoms with Crippen molar-refractivity contribution in [3.63, 3.8) is 0 Å². The van der Waals surface area contributed by atoms with Gasteiger partial charge in [-0.3, -0.25) is 4.90 Å². The maximum atomic E-state index is 5.27. The van der Waals surface area contributed by atoms with E-state index >= 15 is 0 Å². The highest BCUT2D eigenvalue weighted by Gasteiger charge is 2.21. The van der Waals surface area contributed by atoms with E-state index in [0.29, 0.717) is 0 Å². The van der Waals surface area contributed by atoms with Gasteiger partial charge in [0.25, 0.3) is 0 Å². The lowest BCUT2D eigenvalue weighted by molar-refractivity contribution is 0.121. The maximum absolute atomic E-state index is 5.27. The van der Waals surface area contributed by atoms with Gasteiger partial charge in [-0.15, -0.1) is 0 Å². The number of piperazine rings is 1. The summed E-state index contributed by atoms with van der Waals surface area (Å²) in [5.74, 6) is 0.975. The zero-order valence-electron chi connectivity index (χ0n) is 14.1. The molecule has 0 aromatic carbocycles. The van der Waals surface area contributed by atoms with Crippen LogP contribution >= 0.6 is 0 Å². The summed E-state index contributed by atoms with van der Waals surface area (Å²) in [6.07, 6.45) is 5.44. The Kier molecular flexibility index (Phi) is 5.50.